The maximum absolute atomic E-state index is 4.43. The van der Waals surface area contributed by atoms with Crippen LogP contribution in [0.15, 0.2) is 17.8 Å². The van der Waals surface area contributed by atoms with Crippen molar-refractivity contribution in [2.75, 3.05) is 11.9 Å². The van der Waals surface area contributed by atoms with E-state index < -0.39 is 0 Å². The van der Waals surface area contributed by atoms with Gasteiger partial charge in [0.15, 0.2) is 0 Å². The molecule has 0 amide bonds. The summed E-state index contributed by atoms with van der Waals surface area (Å²) in [5, 5.41) is 3.18. The molecule has 0 unspecified atom stereocenters. The molecule has 0 saturated carbocycles. The van der Waals surface area contributed by atoms with Crippen molar-refractivity contribution >= 4 is 17.2 Å². The van der Waals surface area contributed by atoms with Gasteiger partial charge in [0.05, 0.1) is 17.2 Å². The lowest BCUT2D eigenvalue weighted by Gasteiger charge is -2.16. The molecule has 2 rings (SSSR count). The van der Waals surface area contributed by atoms with Gasteiger partial charge < -0.3 is 4.90 Å². The zero-order valence-corrected chi connectivity index (χ0v) is 10.5. The van der Waals surface area contributed by atoms with Crippen LogP contribution in [0.3, 0.4) is 0 Å². The Morgan fingerprint density at radius 3 is 2.75 bits per heavy atom. The standard InChI is InChI=1S/C11H14N4S/c1-8-4-11(13-7-12-8)15(3)5-10-6-16-9(2)14-10/h4,6-7H,5H2,1-3H3. The van der Waals surface area contributed by atoms with E-state index in [1.165, 1.54) is 0 Å². The molecule has 0 saturated heterocycles. The molecular weight excluding hydrogens is 220 g/mol. The summed E-state index contributed by atoms with van der Waals surface area (Å²) in [6, 6.07) is 1.97. The molecule has 2 heterocycles. The molecule has 0 aromatic carbocycles. The molecule has 0 aliphatic rings. The van der Waals surface area contributed by atoms with Crippen LogP contribution in [-0.4, -0.2) is 22.0 Å². The largest absolute Gasteiger partial charge is 0.354 e. The first-order valence-corrected chi connectivity index (χ1v) is 5.94. The predicted octanol–water partition coefficient (Wildman–Crippen LogP) is 2.19. The lowest BCUT2D eigenvalue weighted by Crippen LogP contribution is -2.18. The van der Waals surface area contributed by atoms with Gasteiger partial charge in [-0.25, -0.2) is 15.0 Å². The van der Waals surface area contributed by atoms with E-state index >= 15 is 0 Å². The number of anilines is 1. The maximum Gasteiger partial charge on any atom is 0.132 e. The van der Waals surface area contributed by atoms with Gasteiger partial charge in [-0.1, -0.05) is 0 Å². The third kappa shape index (κ3) is 2.55. The van der Waals surface area contributed by atoms with E-state index in [0.717, 1.165) is 28.8 Å². The van der Waals surface area contributed by atoms with Crippen molar-refractivity contribution in [3.63, 3.8) is 0 Å². The van der Waals surface area contributed by atoms with Gasteiger partial charge in [-0.05, 0) is 13.8 Å². The molecule has 2 aromatic heterocycles. The van der Waals surface area contributed by atoms with Crippen molar-refractivity contribution < 1.29 is 0 Å². The molecule has 5 heteroatoms. The average molecular weight is 234 g/mol. The van der Waals surface area contributed by atoms with E-state index in [2.05, 4.69) is 25.2 Å². The highest BCUT2D eigenvalue weighted by molar-refractivity contribution is 7.09. The molecule has 0 atom stereocenters. The molecule has 0 aliphatic carbocycles. The van der Waals surface area contributed by atoms with Crippen LogP contribution < -0.4 is 4.90 Å². The zero-order valence-electron chi connectivity index (χ0n) is 9.64. The van der Waals surface area contributed by atoms with Crippen molar-refractivity contribution in [1.82, 2.24) is 15.0 Å². The van der Waals surface area contributed by atoms with Crippen LogP contribution in [0.2, 0.25) is 0 Å². The van der Waals surface area contributed by atoms with E-state index in [1.54, 1.807) is 17.7 Å². The molecule has 2 aromatic rings. The number of aromatic nitrogens is 3. The topological polar surface area (TPSA) is 41.9 Å². The predicted molar refractivity (Wildman–Crippen MR) is 65.7 cm³/mol. The highest BCUT2D eigenvalue weighted by Gasteiger charge is 2.06. The number of rotatable bonds is 3. The minimum atomic E-state index is 0.779. The van der Waals surface area contributed by atoms with Crippen LogP contribution in [0, 0.1) is 13.8 Å². The Labute approximate surface area is 99.0 Å². The van der Waals surface area contributed by atoms with Crippen LogP contribution in [0.25, 0.3) is 0 Å². The molecule has 16 heavy (non-hydrogen) atoms. The normalized spacial score (nSPS) is 10.4. The summed E-state index contributed by atoms with van der Waals surface area (Å²) < 4.78 is 0. The first-order valence-electron chi connectivity index (χ1n) is 5.06. The summed E-state index contributed by atoms with van der Waals surface area (Å²) in [6.45, 7) is 4.76. The van der Waals surface area contributed by atoms with Crippen molar-refractivity contribution in [3.05, 3.63) is 34.2 Å². The van der Waals surface area contributed by atoms with Gasteiger partial charge in [0.25, 0.3) is 0 Å². The molecule has 0 radical (unpaired) electrons. The van der Waals surface area contributed by atoms with Gasteiger partial charge in [0, 0.05) is 24.2 Å². The number of aryl methyl sites for hydroxylation is 2. The molecule has 0 N–H and O–H groups in total. The second-order valence-corrected chi connectivity index (χ2v) is 4.79. The summed E-state index contributed by atoms with van der Waals surface area (Å²) in [6.07, 6.45) is 1.59. The van der Waals surface area contributed by atoms with E-state index in [9.17, 15) is 0 Å². The highest BCUT2D eigenvalue weighted by Crippen LogP contribution is 2.14. The molecule has 0 bridgehead atoms. The summed E-state index contributed by atoms with van der Waals surface area (Å²) in [5.41, 5.74) is 2.06. The molecular formula is C11H14N4S. The van der Waals surface area contributed by atoms with Crippen molar-refractivity contribution in [2.45, 2.75) is 20.4 Å². The molecule has 0 spiro atoms. The van der Waals surface area contributed by atoms with Gasteiger partial charge in [0.1, 0.15) is 12.1 Å². The Morgan fingerprint density at radius 2 is 2.12 bits per heavy atom. The van der Waals surface area contributed by atoms with E-state index in [1.807, 2.05) is 27.0 Å². The Morgan fingerprint density at radius 1 is 1.31 bits per heavy atom. The Hall–Kier alpha value is -1.49. The molecule has 0 fully saturated rings. The first kappa shape index (κ1) is 11.0. The van der Waals surface area contributed by atoms with Gasteiger partial charge in [-0.3, -0.25) is 0 Å². The summed E-state index contributed by atoms with van der Waals surface area (Å²) in [4.78, 5) is 14.8. The second-order valence-electron chi connectivity index (χ2n) is 3.73. The van der Waals surface area contributed by atoms with Crippen LogP contribution in [0.4, 0.5) is 5.82 Å². The lowest BCUT2D eigenvalue weighted by atomic mass is 10.4. The number of hydrogen-bond acceptors (Lipinski definition) is 5. The molecule has 4 nitrogen and oxygen atoms in total. The van der Waals surface area contributed by atoms with Crippen LogP contribution in [0.1, 0.15) is 16.4 Å². The van der Waals surface area contributed by atoms with E-state index in [4.69, 9.17) is 0 Å². The number of thiazole rings is 1. The Kier molecular flexibility index (Phi) is 3.14. The lowest BCUT2D eigenvalue weighted by molar-refractivity contribution is 0.862. The van der Waals surface area contributed by atoms with Crippen LogP contribution in [-0.2, 0) is 6.54 Å². The van der Waals surface area contributed by atoms with Crippen LogP contribution in [0.5, 0.6) is 0 Å². The fourth-order valence-electron chi connectivity index (χ4n) is 1.45. The number of hydrogen-bond donors (Lipinski definition) is 0. The first-order chi connectivity index (χ1) is 7.65. The fourth-order valence-corrected chi connectivity index (χ4v) is 2.06. The fraction of sp³-hybridized carbons (Fsp3) is 0.364. The summed E-state index contributed by atoms with van der Waals surface area (Å²) in [7, 11) is 2.01. The molecule has 84 valence electrons. The number of nitrogens with zero attached hydrogens (tertiary/aromatic N) is 4. The Bertz CT molecular complexity index is 480. The Balaban J connectivity index is 2.11. The van der Waals surface area contributed by atoms with Crippen molar-refractivity contribution in [3.8, 4) is 0 Å². The van der Waals surface area contributed by atoms with Gasteiger partial charge in [0.2, 0.25) is 0 Å². The minimum absolute atomic E-state index is 0.779. The third-order valence-corrected chi connectivity index (χ3v) is 3.07. The summed E-state index contributed by atoms with van der Waals surface area (Å²) >= 11 is 1.67. The van der Waals surface area contributed by atoms with E-state index in [0.29, 0.717) is 0 Å². The SMILES string of the molecule is Cc1cc(N(C)Cc2csc(C)n2)ncn1. The average Bonchev–Trinajstić information content (AvgIpc) is 2.64. The second kappa shape index (κ2) is 4.57. The zero-order chi connectivity index (χ0) is 11.5. The summed E-state index contributed by atoms with van der Waals surface area (Å²) in [5.74, 6) is 0.929. The minimum Gasteiger partial charge on any atom is -0.354 e. The quantitative estimate of drug-likeness (QED) is 0.816. The van der Waals surface area contributed by atoms with Crippen LogP contribution >= 0.6 is 11.3 Å². The monoisotopic (exact) mass is 234 g/mol. The van der Waals surface area contributed by atoms with Crippen molar-refractivity contribution in [1.29, 1.82) is 0 Å². The maximum atomic E-state index is 4.43. The van der Waals surface area contributed by atoms with E-state index in [-0.39, 0.29) is 0 Å². The van der Waals surface area contributed by atoms with Gasteiger partial charge in [-0.15, -0.1) is 11.3 Å². The highest BCUT2D eigenvalue weighted by atomic mass is 32.1. The third-order valence-electron chi connectivity index (χ3n) is 2.25. The van der Waals surface area contributed by atoms with Crippen molar-refractivity contribution in [2.24, 2.45) is 0 Å². The van der Waals surface area contributed by atoms with Gasteiger partial charge in [-0.2, -0.15) is 0 Å². The smallest absolute Gasteiger partial charge is 0.132 e. The molecule has 0 aliphatic heterocycles. The van der Waals surface area contributed by atoms with Gasteiger partial charge >= 0.3 is 0 Å².